The highest BCUT2D eigenvalue weighted by Crippen LogP contribution is 2.29. The third-order valence-corrected chi connectivity index (χ3v) is 1.73. The molecule has 0 saturated carbocycles. The molecule has 0 bridgehead atoms. The summed E-state index contributed by atoms with van der Waals surface area (Å²) in [6.07, 6.45) is -5.93. The van der Waals surface area contributed by atoms with Gasteiger partial charge < -0.3 is 9.84 Å². The predicted molar refractivity (Wildman–Crippen MR) is 47.0 cm³/mol. The van der Waals surface area contributed by atoms with Crippen LogP contribution in [-0.4, -0.2) is 22.4 Å². The molecule has 9 heteroatoms. The number of carboxylic acid groups (broad SMARTS) is 1. The number of hydrogen-bond acceptors (Lipinski definition) is 3. The van der Waals surface area contributed by atoms with E-state index in [0.29, 0.717) is 6.07 Å². The first kappa shape index (κ1) is 14.1. The normalized spacial score (nSPS) is 11.4. The van der Waals surface area contributed by atoms with E-state index in [1.807, 2.05) is 0 Å². The Morgan fingerprint density at radius 3 is 2.50 bits per heavy atom. The molecule has 0 unspecified atom stereocenters. The van der Waals surface area contributed by atoms with Crippen LogP contribution >= 0.6 is 0 Å². The molecule has 1 rings (SSSR count). The van der Waals surface area contributed by atoms with Gasteiger partial charge in [-0.15, -0.1) is 13.2 Å². The van der Waals surface area contributed by atoms with E-state index in [-0.39, 0.29) is 0 Å². The first-order valence-corrected chi connectivity index (χ1v) is 4.44. The van der Waals surface area contributed by atoms with Gasteiger partial charge >= 0.3 is 12.3 Å². The van der Waals surface area contributed by atoms with E-state index in [1.54, 1.807) is 0 Å². The van der Waals surface area contributed by atoms with Crippen molar-refractivity contribution in [3.05, 3.63) is 23.3 Å². The quantitative estimate of drug-likeness (QED) is 0.853. The first-order valence-electron chi connectivity index (χ1n) is 4.44. The van der Waals surface area contributed by atoms with Crippen LogP contribution in [0.25, 0.3) is 0 Å². The van der Waals surface area contributed by atoms with Crippen molar-refractivity contribution in [2.24, 2.45) is 0 Å². The van der Waals surface area contributed by atoms with Crippen LogP contribution in [0.3, 0.4) is 0 Å². The minimum atomic E-state index is -5.19. The third kappa shape index (κ3) is 3.82. The largest absolute Gasteiger partial charge is 0.573 e. The van der Waals surface area contributed by atoms with Gasteiger partial charge in [-0.05, 0) is 6.07 Å². The molecule has 1 heterocycles. The Labute approximate surface area is 97.0 Å². The molecule has 0 spiro atoms. The van der Waals surface area contributed by atoms with E-state index in [9.17, 15) is 26.7 Å². The van der Waals surface area contributed by atoms with E-state index < -0.39 is 48.4 Å². The van der Waals surface area contributed by atoms with Gasteiger partial charge in [-0.25, -0.2) is 8.78 Å². The summed E-state index contributed by atoms with van der Waals surface area (Å²) >= 11 is 0. The third-order valence-electron chi connectivity index (χ3n) is 1.73. The number of hydrogen-bond donors (Lipinski definition) is 1. The van der Waals surface area contributed by atoms with Crippen LogP contribution in [0.4, 0.5) is 22.0 Å². The minimum Gasteiger partial charge on any atom is -0.481 e. The molecule has 0 aromatic carbocycles. The van der Waals surface area contributed by atoms with Crippen molar-refractivity contribution >= 4 is 5.97 Å². The average molecular weight is 271 g/mol. The fraction of sp³-hybridized carbons (Fsp3) is 0.333. The van der Waals surface area contributed by atoms with Crippen molar-refractivity contribution < 1.29 is 36.6 Å². The fourth-order valence-electron chi connectivity index (χ4n) is 1.17. The van der Waals surface area contributed by atoms with E-state index in [1.165, 1.54) is 0 Å². The van der Waals surface area contributed by atoms with Gasteiger partial charge in [0.2, 0.25) is 0 Å². The zero-order valence-corrected chi connectivity index (χ0v) is 8.59. The number of aromatic nitrogens is 1. The molecule has 0 saturated heterocycles. The van der Waals surface area contributed by atoms with Crippen LogP contribution in [-0.2, 0) is 17.9 Å². The molecule has 0 radical (unpaired) electrons. The Morgan fingerprint density at radius 2 is 2.06 bits per heavy atom. The Balaban J connectivity index is 3.15. The number of aliphatic carboxylic acids is 1. The summed E-state index contributed by atoms with van der Waals surface area (Å²) in [4.78, 5) is 13.6. The molecule has 1 aromatic heterocycles. The second-order valence-electron chi connectivity index (χ2n) is 3.12. The van der Waals surface area contributed by atoms with E-state index in [4.69, 9.17) is 5.11 Å². The van der Waals surface area contributed by atoms with Gasteiger partial charge in [0.25, 0.3) is 0 Å². The number of nitrogens with zero attached hydrogens (tertiary/aromatic N) is 1. The summed E-state index contributed by atoms with van der Waals surface area (Å²) in [6, 6.07) is 0.453. The lowest BCUT2D eigenvalue weighted by atomic mass is 10.2. The van der Waals surface area contributed by atoms with Gasteiger partial charge in [0, 0.05) is 0 Å². The van der Waals surface area contributed by atoms with Gasteiger partial charge in [-0.3, -0.25) is 9.78 Å². The Hall–Kier alpha value is -1.93. The molecule has 0 aliphatic heterocycles. The van der Waals surface area contributed by atoms with E-state index in [2.05, 4.69) is 9.72 Å². The molecular formula is C9H6F5NO3. The first-order chi connectivity index (χ1) is 8.23. The Bertz CT molecular complexity index is 460. The predicted octanol–water partition coefficient (Wildman–Crippen LogP) is 2.22. The van der Waals surface area contributed by atoms with Crippen LogP contribution in [0.15, 0.2) is 6.07 Å². The van der Waals surface area contributed by atoms with Crippen molar-refractivity contribution in [3.63, 3.8) is 0 Å². The number of ether oxygens (including phenoxy) is 1. The second-order valence-corrected chi connectivity index (χ2v) is 3.12. The van der Waals surface area contributed by atoms with Crippen LogP contribution in [0.2, 0.25) is 0 Å². The van der Waals surface area contributed by atoms with Crippen molar-refractivity contribution in [1.82, 2.24) is 4.98 Å². The molecular weight excluding hydrogens is 265 g/mol. The minimum absolute atomic E-state index is 0.401. The summed E-state index contributed by atoms with van der Waals surface area (Å²) in [5.74, 6) is -4.29. The average Bonchev–Trinajstić information content (AvgIpc) is 2.19. The highest BCUT2D eigenvalue weighted by Gasteiger charge is 2.34. The lowest BCUT2D eigenvalue weighted by molar-refractivity contribution is -0.276. The van der Waals surface area contributed by atoms with Gasteiger partial charge in [0.05, 0.1) is 12.1 Å². The molecule has 0 aliphatic rings. The second kappa shape index (κ2) is 5.15. The molecule has 0 amide bonds. The highest BCUT2D eigenvalue weighted by atomic mass is 19.4. The maximum Gasteiger partial charge on any atom is 0.573 e. The van der Waals surface area contributed by atoms with Gasteiger partial charge in [-0.2, -0.15) is 0 Å². The summed E-state index contributed by atoms with van der Waals surface area (Å²) < 4.78 is 64.7. The molecule has 1 aromatic rings. The summed E-state index contributed by atoms with van der Waals surface area (Å²) in [5, 5.41) is 8.41. The summed E-state index contributed by atoms with van der Waals surface area (Å²) in [7, 11) is 0. The monoisotopic (exact) mass is 271 g/mol. The van der Waals surface area contributed by atoms with E-state index >= 15 is 0 Å². The van der Waals surface area contributed by atoms with Crippen LogP contribution in [0, 0.1) is 5.82 Å². The lowest BCUT2D eigenvalue weighted by Crippen LogP contribution is -2.20. The number of carbonyl (C=O) groups is 1. The molecule has 0 atom stereocenters. The zero-order chi connectivity index (χ0) is 13.9. The van der Waals surface area contributed by atoms with Crippen molar-refractivity contribution in [2.45, 2.75) is 19.5 Å². The molecule has 4 nitrogen and oxygen atoms in total. The number of carboxylic acids is 1. The molecule has 100 valence electrons. The van der Waals surface area contributed by atoms with Gasteiger partial charge in [0.1, 0.15) is 12.4 Å². The molecule has 18 heavy (non-hydrogen) atoms. The molecule has 0 aliphatic carbocycles. The zero-order valence-electron chi connectivity index (χ0n) is 8.59. The highest BCUT2D eigenvalue weighted by molar-refractivity contribution is 5.69. The van der Waals surface area contributed by atoms with Crippen LogP contribution in [0.5, 0.6) is 5.75 Å². The fourth-order valence-corrected chi connectivity index (χ4v) is 1.17. The smallest absolute Gasteiger partial charge is 0.481 e. The maximum atomic E-state index is 13.3. The van der Waals surface area contributed by atoms with E-state index in [0.717, 1.165) is 0 Å². The Kier molecular flexibility index (Phi) is 4.04. The Morgan fingerprint density at radius 1 is 1.44 bits per heavy atom. The van der Waals surface area contributed by atoms with Gasteiger partial charge in [0.15, 0.2) is 11.6 Å². The number of halogens is 5. The number of rotatable bonds is 4. The lowest BCUT2D eigenvalue weighted by Gasteiger charge is -2.12. The summed E-state index contributed by atoms with van der Waals surface area (Å²) in [5.41, 5.74) is -1.34. The topological polar surface area (TPSA) is 59.4 Å². The summed E-state index contributed by atoms with van der Waals surface area (Å²) in [6.45, 7) is -1.52. The van der Waals surface area contributed by atoms with Crippen LogP contribution < -0.4 is 4.74 Å². The van der Waals surface area contributed by atoms with Crippen molar-refractivity contribution in [2.75, 3.05) is 0 Å². The molecule has 0 fully saturated rings. The standard InChI is InChI=1S/C9H6F5NO3/c10-3-6-8(18-9(12,13)14)5(11)1-4(15-6)2-7(16)17/h1H,2-3H2,(H,16,17). The van der Waals surface area contributed by atoms with Crippen molar-refractivity contribution in [1.29, 1.82) is 0 Å². The van der Waals surface area contributed by atoms with Gasteiger partial charge in [-0.1, -0.05) is 0 Å². The maximum absolute atomic E-state index is 13.3. The SMILES string of the molecule is O=C(O)Cc1cc(F)c(OC(F)(F)F)c(CF)n1. The van der Waals surface area contributed by atoms with Crippen LogP contribution in [0.1, 0.15) is 11.4 Å². The van der Waals surface area contributed by atoms with Crippen molar-refractivity contribution in [3.8, 4) is 5.75 Å². The number of alkyl halides is 4. The number of pyridine rings is 1. The molecule has 1 N–H and O–H groups in total.